The van der Waals surface area contributed by atoms with E-state index in [1.165, 1.54) is 0 Å². The molecule has 1 aromatic carbocycles. The van der Waals surface area contributed by atoms with Crippen molar-refractivity contribution in [1.82, 2.24) is 16.2 Å². The van der Waals surface area contributed by atoms with Gasteiger partial charge in [-0.25, -0.2) is 0 Å². The van der Waals surface area contributed by atoms with Gasteiger partial charge in [0.05, 0.1) is 0 Å². The lowest BCUT2D eigenvalue weighted by atomic mass is 10.2. The molecule has 0 saturated carbocycles. The minimum absolute atomic E-state index is 0.422. The molecule has 0 aliphatic heterocycles. The van der Waals surface area contributed by atoms with Crippen molar-refractivity contribution in [2.45, 2.75) is 20.3 Å². The van der Waals surface area contributed by atoms with Gasteiger partial charge in [0.25, 0.3) is 0 Å². The topological polar surface area (TPSA) is 48.1 Å². The Hall–Kier alpha value is -1.11. The van der Waals surface area contributed by atoms with E-state index >= 15 is 0 Å². The van der Waals surface area contributed by atoms with Gasteiger partial charge in [0.2, 0.25) is 0 Å². The number of rotatable bonds is 3. The predicted molar refractivity (Wildman–Crippen MR) is 89.6 cm³/mol. The van der Waals surface area contributed by atoms with Crippen LogP contribution in [-0.4, -0.2) is 16.8 Å². The van der Waals surface area contributed by atoms with E-state index in [1.807, 2.05) is 25.1 Å². The SMILES string of the molecule is CCCNC(=S)NNC(=S)Nc1cccc(Cl)c1C. The smallest absolute Gasteiger partial charge is 0.189 e. The Morgan fingerprint density at radius 1 is 1.21 bits per heavy atom. The molecule has 19 heavy (non-hydrogen) atoms. The second-order valence-electron chi connectivity index (χ2n) is 3.87. The van der Waals surface area contributed by atoms with Crippen LogP contribution in [0.1, 0.15) is 18.9 Å². The van der Waals surface area contributed by atoms with Gasteiger partial charge in [-0.15, -0.1) is 0 Å². The highest BCUT2D eigenvalue weighted by Gasteiger charge is 2.03. The van der Waals surface area contributed by atoms with Crippen molar-refractivity contribution in [3.63, 3.8) is 0 Å². The lowest BCUT2D eigenvalue weighted by Gasteiger charge is -2.15. The fourth-order valence-electron chi connectivity index (χ4n) is 1.29. The van der Waals surface area contributed by atoms with Crippen molar-refractivity contribution in [3.05, 3.63) is 28.8 Å². The Balaban J connectivity index is 2.43. The maximum atomic E-state index is 6.03. The van der Waals surface area contributed by atoms with E-state index in [9.17, 15) is 0 Å². The highest BCUT2D eigenvalue weighted by atomic mass is 35.5. The van der Waals surface area contributed by atoms with Crippen LogP contribution in [0.25, 0.3) is 0 Å². The van der Waals surface area contributed by atoms with E-state index in [1.54, 1.807) is 0 Å². The van der Waals surface area contributed by atoms with Gasteiger partial charge < -0.3 is 10.6 Å². The predicted octanol–water partition coefficient (Wildman–Crippen LogP) is 2.72. The number of thiocarbonyl (C=S) groups is 2. The van der Waals surface area contributed by atoms with Gasteiger partial charge in [0, 0.05) is 17.3 Å². The third kappa shape index (κ3) is 5.59. The molecule has 0 aromatic heterocycles. The molecule has 0 unspecified atom stereocenters. The average Bonchev–Trinajstić information content (AvgIpc) is 2.39. The molecule has 0 bridgehead atoms. The van der Waals surface area contributed by atoms with Gasteiger partial charge in [0.15, 0.2) is 10.2 Å². The Morgan fingerprint density at radius 2 is 1.89 bits per heavy atom. The summed E-state index contributed by atoms with van der Waals surface area (Å²) < 4.78 is 0. The molecule has 0 atom stereocenters. The van der Waals surface area contributed by atoms with E-state index in [0.717, 1.165) is 24.2 Å². The number of hydrogen-bond donors (Lipinski definition) is 4. The second-order valence-corrected chi connectivity index (χ2v) is 5.10. The maximum Gasteiger partial charge on any atom is 0.189 e. The molecule has 7 heteroatoms. The van der Waals surface area contributed by atoms with Crippen LogP contribution in [0.5, 0.6) is 0 Å². The molecule has 0 spiro atoms. The number of anilines is 1. The average molecular weight is 317 g/mol. The molecule has 0 amide bonds. The van der Waals surface area contributed by atoms with E-state index < -0.39 is 0 Å². The highest BCUT2D eigenvalue weighted by Crippen LogP contribution is 2.22. The standard InChI is InChI=1S/C12H17ClN4S2/c1-3-7-14-11(18)16-17-12(19)15-10-6-4-5-9(13)8(10)2/h4-6H,3,7H2,1-2H3,(H2,14,16,18)(H2,15,17,19). The Kier molecular flexibility index (Phi) is 6.83. The third-order valence-corrected chi connectivity index (χ3v) is 3.20. The molecule has 4 N–H and O–H groups in total. The number of nitrogens with one attached hydrogen (secondary N) is 4. The first-order valence-electron chi connectivity index (χ1n) is 5.90. The minimum atomic E-state index is 0.422. The normalized spacial score (nSPS) is 9.63. The summed E-state index contributed by atoms with van der Waals surface area (Å²) in [6, 6.07) is 5.60. The Morgan fingerprint density at radius 3 is 2.58 bits per heavy atom. The first-order chi connectivity index (χ1) is 9.04. The third-order valence-electron chi connectivity index (χ3n) is 2.34. The van der Waals surface area contributed by atoms with Crippen LogP contribution in [0, 0.1) is 6.92 Å². The zero-order valence-electron chi connectivity index (χ0n) is 10.8. The molecule has 104 valence electrons. The molecular formula is C12H17ClN4S2. The molecule has 0 heterocycles. The van der Waals surface area contributed by atoms with Gasteiger partial charge in [-0.1, -0.05) is 24.6 Å². The van der Waals surface area contributed by atoms with Crippen LogP contribution in [0.4, 0.5) is 5.69 Å². The van der Waals surface area contributed by atoms with Gasteiger partial charge in [-0.3, -0.25) is 10.9 Å². The van der Waals surface area contributed by atoms with Crippen molar-refractivity contribution in [3.8, 4) is 0 Å². The van der Waals surface area contributed by atoms with E-state index in [0.29, 0.717) is 15.2 Å². The zero-order chi connectivity index (χ0) is 14.3. The zero-order valence-corrected chi connectivity index (χ0v) is 13.2. The number of hydrogen-bond acceptors (Lipinski definition) is 2. The molecule has 0 saturated heterocycles. The van der Waals surface area contributed by atoms with Crippen LogP contribution in [0.15, 0.2) is 18.2 Å². The van der Waals surface area contributed by atoms with Gasteiger partial charge in [-0.2, -0.15) is 0 Å². The molecular weight excluding hydrogens is 300 g/mol. The van der Waals surface area contributed by atoms with Crippen molar-refractivity contribution in [2.24, 2.45) is 0 Å². The van der Waals surface area contributed by atoms with Crippen LogP contribution in [-0.2, 0) is 0 Å². The van der Waals surface area contributed by atoms with Crippen LogP contribution in [0.3, 0.4) is 0 Å². The van der Waals surface area contributed by atoms with Gasteiger partial charge in [-0.05, 0) is 55.5 Å². The van der Waals surface area contributed by atoms with Gasteiger partial charge in [0.1, 0.15) is 0 Å². The van der Waals surface area contributed by atoms with Gasteiger partial charge >= 0.3 is 0 Å². The molecule has 0 radical (unpaired) electrons. The number of hydrazine groups is 1. The number of halogens is 1. The second kappa shape index (κ2) is 8.14. The molecule has 0 fully saturated rings. The van der Waals surface area contributed by atoms with Crippen LogP contribution >= 0.6 is 36.0 Å². The van der Waals surface area contributed by atoms with Crippen molar-refractivity contribution < 1.29 is 0 Å². The summed E-state index contributed by atoms with van der Waals surface area (Å²) in [5.74, 6) is 0. The maximum absolute atomic E-state index is 6.03. The van der Waals surface area contributed by atoms with E-state index in [-0.39, 0.29) is 0 Å². The molecule has 0 aliphatic carbocycles. The first kappa shape index (κ1) is 15.9. The lowest BCUT2D eigenvalue weighted by molar-refractivity contribution is 0.784. The summed E-state index contributed by atoms with van der Waals surface area (Å²) >= 11 is 16.2. The highest BCUT2D eigenvalue weighted by molar-refractivity contribution is 7.80. The summed E-state index contributed by atoms with van der Waals surface area (Å²) in [7, 11) is 0. The minimum Gasteiger partial charge on any atom is -0.361 e. The van der Waals surface area contributed by atoms with Crippen LogP contribution in [0.2, 0.25) is 5.02 Å². The molecule has 0 aliphatic rings. The fourth-order valence-corrected chi connectivity index (χ4v) is 1.78. The fraction of sp³-hybridized carbons (Fsp3) is 0.333. The summed E-state index contributed by atoms with van der Waals surface area (Å²) in [5.41, 5.74) is 7.42. The largest absolute Gasteiger partial charge is 0.361 e. The summed E-state index contributed by atoms with van der Waals surface area (Å²) in [6.07, 6.45) is 1.01. The first-order valence-corrected chi connectivity index (χ1v) is 7.10. The van der Waals surface area contributed by atoms with E-state index in [2.05, 4.69) is 28.4 Å². The van der Waals surface area contributed by atoms with E-state index in [4.69, 9.17) is 36.0 Å². The molecule has 1 aromatic rings. The summed E-state index contributed by atoms with van der Waals surface area (Å²) in [4.78, 5) is 0. The van der Waals surface area contributed by atoms with Crippen molar-refractivity contribution >= 4 is 51.9 Å². The molecule has 1 rings (SSSR count). The van der Waals surface area contributed by atoms with Crippen molar-refractivity contribution in [2.75, 3.05) is 11.9 Å². The lowest BCUT2D eigenvalue weighted by Crippen LogP contribution is -2.48. The summed E-state index contributed by atoms with van der Waals surface area (Å²) in [6.45, 7) is 4.81. The number of benzene rings is 1. The Bertz CT molecular complexity index is 465. The Labute approximate surface area is 129 Å². The van der Waals surface area contributed by atoms with Crippen LogP contribution < -0.4 is 21.5 Å². The monoisotopic (exact) mass is 316 g/mol. The summed E-state index contributed by atoms with van der Waals surface area (Å²) in [5, 5.41) is 7.70. The quantitative estimate of drug-likeness (QED) is 0.508. The molecule has 4 nitrogen and oxygen atoms in total. The van der Waals surface area contributed by atoms with Crippen molar-refractivity contribution in [1.29, 1.82) is 0 Å².